The molecule has 1 saturated carbocycles. The average Bonchev–Trinajstić information content (AvgIpc) is 3.12. The predicted octanol–water partition coefficient (Wildman–Crippen LogP) is 3.62. The Labute approximate surface area is 115 Å². The lowest BCUT2D eigenvalue weighted by atomic mass is 10.2. The molecular weight excluding hydrogens is 240 g/mol. The molecule has 1 fully saturated rings. The molecule has 0 aromatic carbocycles. The SMILES string of the molecule is CCC(C)N(CC)Cc1ccc(CNC2CC2)s1. The summed E-state index contributed by atoms with van der Waals surface area (Å²) in [4.78, 5) is 5.55. The van der Waals surface area contributed by atoms with Gasteiger partial charge in [0, 0.05) is 34.9 Å². The molecule has 1 unspecified atom stereocenters. The molecule has 0 bridgehead atoms. The monoisotopic (exact) mass is 266 g/mol. The number of hydrogen-bond donors (Lipinski definition) is 1. The maximum Gasteiger partial charge on any atom is 0.0330 e. The lowest BCUT2D eigenvalue weighted by Crippen LogP contribution is -2.31. The van der Waals surface area contributed by atoms with Crippen LogP contribution in [0.25, 0.3) is 0 Å². The van der Waals surface area contributed by atoms with E-state index in [2.05, 4.69) is 43.1 Å². The Bertz CT molecular complexity index is 357. The lowest BCUT2D eigenvalue weighted by molar-refractivity contribution is 0.208. The quantitative estimate of drug-likeness (QED) is 0.773. The van der Waals surface area contributed by atoms with Crippen LogP contribution in [-0.2, 0) is 13.1 Å². The third-order valence-corrected chi connectivity index (χ3v) is 4.91. The van der Waals surface area contributed by atoms with Crippen molar-refractivity contribution in [2.75, 3.05) is 6.54 Å². The van der Waals surface area contributed by atoms with Crippen LogP contribution in [0.3, 0.4) is 0 Å². The van der Waals surface area contributed by atoms with Gasteiger partial charge in [0.1, 0.15) is 0 Å². The molecule has 0 saturated heterocycles. The molecule has 2 rings (SSSR count). The van der Waals surface area contributed by atoms with Crippen LogP contribution < -0.4 is 5.32 Å². The number of thiophene rings is 1. The van der Waals surface area contributed by atoms with E-state index in [9.17, 15) is 0 Å². The van der Waals surface area contributed by atoms with Crippen molar-refractivity contribution in [3.8, 4) is 0 Å². The minimum atomic E-state index is 0.685. The van der Waals surface area contributed by atoms with Gasteiger partial charge in [0.15, 0.2) is 0 Å². The summed E-state index contributed by atoms with van der Waals surface area (Å²) in [6.07, 6.45) is 3.97. The van der Waals surface area contributed by atoms with E-state index < -0.39 is 0 Å². The Kier molecular flexibility index (Phi) is 5.22. The van der Waals surface area contributed by atoms with E-state index in [0.29, 0.717) is 6.04 Å². The number of rotatable bonds is 8. The van der Waals surface area contributed by atoms with Crippen molar-refractivity contribution in [2.45, 2.75) is 65.2 Å². The van der Waals surface area contributed by atoms with Gasteiger partial charge in [-0.25, -0.2) is 0 Å². The first-order chi connectivity index (χ1) is 8.72. The highest BCUT2D eigenvalue weighted by Gasteiger charge is 2.20. The van der Waals surface area contributed by atoms with Gasteiger partial charge < -0.3 is 5.32 Å². The van der Waals surface area contributed by atoms with Gasteiger partial charge in [0.25, 0.3) is 0 Å². The highest BCUT2D eigenvalue weighted by Crippen LogP contribution is 2.23. The van der Waals surface area contributed by atoms with Gasteiger partial charge in [-0.2, -0.15) is 0 Å². The summed E-state index contributed by atoms with van der Waals surface area (Å²) >= 11 is 1.97. The second kappa shape index (κ2) is 6.69. The Hall–Kier alpha value is -0.380. The molecule has 102 valence electrons. The minimum Gasteiger partial charge on any atom is -0.309 e. The summed E-state index contributed by atoms with van der Waals surface area (Å²) in [5.41, 5.74) is 0. The average molecular weight is 266 g/mol. The number of nitrogens with zero attached hydrogens (tertiary/aromatic N) is 1. The summed E-state index contributed by atoms with van der Waals surface area (Å²) in [7, 11) is 0. The molecule has 18 heavy (non-hydrogen) atoms. The molecule has 2 nitrogen and oxygen atoms in total. The first kappa shape index (κ1) is 14.0. The van der Waals surface area contributed by atoms with Crippen LogP contribution in [0.2, 0.25) is 0 Å². The first-order valence-corrected chi connectivity index (χ1v) is 8.09. The van der Waals surface area contributed by atoms with Gasteiger partial charge >= 0.3 is 0 Å². The molecule has 1 aliphatic rings. The predicted molar refractivity (Wildman–Crippen MR) is 80.0 cm³/mol. The summed E-state index contributed by atoms with van der Waals surface area (Å²) in [5.74, 6) is 0. The van der Waals surface area contributed by atoms with Crippen LogP contribution in [-0.4, -0.2) is 23.5 Å². The lowest BCUT2D eigenvalue weighted by Gasteiger charge is -2.26. The fourth-order valence-corrected chi connectivity index (χ4v) is 3.17. The Balaban J connectivity index is 1.83. The summed E-state index contributed by atoms with van der Waals surface area (Å²) < 4.78 is 0. The third kappa shape index (κ3) is 4.08. The van der Waals surface area contributed by atoms with E-state index in [-0.39, 0.29) is 0 Å². The van der Waals surface area contributed by atoms with Crippen LogP contribution in [0.5, 0.6) is 0 Å². The normalized spacial score (nSPS) is 17.3. The standard InChI is InChI=1S/C15H26N2S/c1-4-12(3)17(5-2)11-15-9-8-14(18-15)10-16-13-6-7-13/h8-9,12-13,16H,4-7,10-11H2,1-3H3. The Morgan fingerprint density at radius 2 is 2.06 bits per heavy atom. The molecule has 3 heteroatoms. The van der Waals surface area contributed by atoms with Crippen LogP contribution in [0, 0.1) is 0 Å². The van der Waals surface area contributed by atoms with Gasteiger partial charge in [-0.1, -0.05) is 13.8 Å². The van der Waals surface area contributed by atoms with Gasteiger partial charge in [0.05, 0.1) is 0 Å². The summed E-state index contributed by atoms with van der Waals surface area (Å²) in [6, 6.07) is 6.09. The topological polar surface area (TPSA) is 15.3 Å². The molecular formula is C15H26N2S. The van der Waals surface area contributed by atoms with Crippen molar-refractivity contribution in [3.05, 3.63) is 21.9 Å². The molecule has 1 aromatic rings. The zero-order valence-electron chi connectivity index (χ0n) is 11.9. The third-order valence-electron chi connectivity index (χ3n) is 3.84. The van der Waals surface area contributed by atoms with Crippen molar-refractivity contribution in [1.29, 1.82) is 0 Å². The molecule has 0 aliphatic heterocycles. The Morgan fingerprint density at radius 3 is 2.67 bits per heavy atom. The van der Waals surface area contributed by atoms with Crippen molar-refractivity contribution in [3.63, 3.8) is 0 Å². The minimum absolute atomic E-state index is 0.685. The second-order valence-corrected chi connectivity index (χ2v) is 6.60. The summed E-state index contributed by atoms with van der Waals surface area (Å²) in [6.45, 7) is 10.2. The van der Waals surface area contributed by atoms with E-state index >= 15 is 0 Å². The fraction of sp³-hybridized carbons (Fsp3) is 0.733. The molecule has 0 amide bonds. The van der Waals surface area contributed by atoms with Crippen LogP contribution in [0.1, 0.15) is 49.8 Å². The molecule has 1 aliphatic carbocycles. The van der Waals surface area contributed by atoms with Gasteiger partial charge in [-0.05, 0) is 44.9 Å². The van der Waals surface area contributed by atoms with Gasteiger partial charge in [0.2, 0.25) is 0 Å². The largest absolute Gasteiger partial charge is 0.309 e. The van der Waals surface area contributed by atoms with Gasteiger partial charge in [-0.15, -0.1) is 11.3 Å². The molecule has 1 N–H and O–H groups in total. The highest BCUT2D eigenvalue weighted by atomic mass is 32.1. The second-order valence-electron chi connectivity index (χ2n) is 5.34. The fourth-order valence-electron chi connectivity index (χ4n) is 2.17. The maximum absolute atomic E-state index is 3.58. The highest BCUT2D eigenvalue weighted by molar-refractivity contribution is 7.11. The molecule has 1 aromatic heterocycles. The van der Waals surface area contributed by atoms with Crippen LogP contribution in [0.15, 0.2) is 12.1 Å². The van der Waals surface area contributed by atoms with E-state index in [1.54, 1.807) is 0 Å². The van der Waals surface area contributed by atoms with E-state index in [1.807, 2.05) is 11.3 Å². The first-order valence-electron chi connectivity index (χ1n) is 7.28. The van der Waals surface area contributed by atoms with Crippen molar-refractivity contribution in [2.24, 2.45) is 0 Å². The van der Waals surface area contributed by atoms with Gasteiger partial charge in [-0.3, -0.25) is 4.90 Å². The van der Waals surface area contributed by atoms with Crippen molar-refractivity contribution in [1.82, 2.24) is 10.2 Å². The van der Waals surface area contributed by atoms with Crippen LogP contribution in [0.4, 0.5) is 0 Å². The molecule has 1 atom stereocenters. The van der Waals surface area contributed by atoms with E-state index in [4.69, 9.17) is 0 Å². The van der Waals surface area contributed by atoms with Crippen LogP contribution >= 0.6 is 11.3 Å². The smallest absolute Gasteiger partial charge is 0.0330 e. The molecule has 1 heterocycles. The molecule has 0 spiro atoms. The Morgan fingerprint density at radius 1 is 1.33 bits per heavy atom. The molecule has 0 radical (unpaired) electrons. The number of nitrogens with one attached hydrogen (secondary N) is 1. The maximum atomic E-state index is 3.58. The zero-order valence-corrected chi connectivity index (χ0v) is 12.7. The summed E-state index contributed by atoms with van der Waals surface area (Å²) in [5, 5.41) is 3.58. The van der Waals surface area contributed by atoms with E-state index in [1.165, 1.54) is 29.0 Å². The van der Waals surface area contributed by atoms with Crippen molar-refractivity contribution >= 4 is 11.3 Å². The van der Waals surface area contributed by atoms with Crippen molar-refractivity contribution < 1.29 is 0 Å². The zero-order chi connectivity index (χ0) is 13.0. The number of hydrogen-bond acceptors (Lipinski definition) is 3. The van der Waals surface area contributed by atoms with E-state index in [0.717, 1.165) is 25.7 Å².